The fraction of sp³-hybridized carbons (Fsp3) is 0.161. The fourth-order valence-electron chi connectivity index (χ4n) is 4.60. The molecule has 0 saturated carbocycles. The molecule has 0 radical (unpaired) electrons. The van der Waals surface area contributed by atoms with E-state index in [0.29, 0.717) is 61.7 Å². The number of methoxy groups -OCH3 is 2. The Kier molecular flexibility index (Phi) is 7.72. The number of carbonyl (C=O) groups is 1. The highest BCUT2D eigenvalue weighted by Crippen LogP contribution is 2.34. The maximum absolute atomic E-state index is 13.5. The average Bonchev–Trinajstić information content (AvgIpc) is 2.97. The van der Waals surface area contributed by atoms with Gasteiger partial charge in [-0.25, -0.2) is 9.37 Å². The number of hydrogen-bond donors (Lipinski definition) is 0. The van der Waals surface area contributed by atoms with Crippen molar-refractivity contribution in [2.45, 2.75) is 20.3 Å². The standard InChI is InChI=1S/C31H25ClFN3O5/c1-17-27(31(38)36(18(2)28(17)32)21-9-7-20(33)8-10-21)24(37)15-19-5-11-22(12-6-19)41-25-13-14-34-23-16-26(39-3)30(40-4)35-29(23)25/h5-14,16H,15H2,1-4H3. The number of halogens is 2. The zero-order valence-electron chi connectivity index (χ0n) is 22.7. The number of fused-ring (bicyclic) bond motifs is 1. The molecule has 8 nitrogen and oxygen atoms in total. The molecule has 0 bridgehead atoms. The summed E-state index contributed by atoms with van der Waals surface area (Å²) in [5.41, 5.74) is 2.51. The van der Waals surface area contributed by atoms with Gasteiger partial charge in [0.15, 0.2) is 17.3 Å². The van der Waals surface area contributed by atoms with Crippen LogP contribution in [0.4, 0.5) is 4.39 Å². The summed E-state index contributed by atoms with van der Waals surface area (Å²) >= 11 is 6.54. The van der Waals surface area contributed by atoms with E-state index in [0.717, 1.165) is 0 Å². The Morgan fingerprint density at radius 2 is 1.68 bits per heavy atom. The van der Waals surface area contributed by atoms with E-state index in [1.165, 1.54) is 43.1 Å². The molecule has 10 heteroatoms. The van der Waals surface area contributed by atoms with Crippen LogP contribution >= 0.6 is 11.6 Å². The Balaban J connectivity index is 1.41. The van der Waals surface area contributed by atoms with E-state index in [2.05, 4.69) is 9.97 Å². The zero-order chi connectivity index (χ0) is 29.3. The smallest absolute Gasteiger partial charge is 0.266 e. The molecule has 0 N–H and O–H groups in total. The lowest BCUT2D eigenvalue weighted by Gasteiger charge is -2.16. The first-order valence-electron chi connectivity index (χ1n) is 12.6. The van der Waals surface area contributed by atoms with Crippen molar-refractivity contribution in [3.8, 4) is 28.8 Å². The van der Waals surface area contributed by atoms with Gasteiger partial charge in [0.1, 0.15) is 17.1 Å². The van der Waals surface area contributed by atoms with Gasteiger partial charge in [0.25, 0.3) is 11.4 Å². The van der Waals surface area contributed by atoms with Gasteiger partial charge in [0.05, 0.1) is 30.3 Å². The first-order valence-corrected chi connectivity index (χ1v) is 12.9. The lowest BCUT2D eigenvalue weighted by Crippen LogP contribution is -2.29. The van der Waals surface area contributed by atoms with Gasteiger partial charge in [-0.15, -0.1) is 0 Å². The van der Waals surface area contributed by atoms with E-state index >= 15 is 0 Å². The van der Waals surface area contributed by atoms with Crippen molar-refractivity contribution in [1.29, 1.82) is 0 Å². The molecule has 2 aromatic carbocycles. The molecule has 0 aliphatic heterocycles. The molecule has 0 fully saturated rings. The highest BCUT2D eigenvalue weighted by molar-refractivity contribution is 6.32. The van der Waals surface area contributed by atoms with Crippen LogP contribution in [-0.4, -0.2) is 34.5 Å². The molecule has 5 rings (SSSR count). The summed E-state index contributed by atoms with van der Waals surface area (Å²) in [6, 6.07) is 15.8. The third kappa shape index (κ3) is 5.36. The zero-order valence-corrected chi connectivity index (χ0v) is 23.5. The van der Waals surface area contributed by atoms with Gasteiger partial charge in [-0.05, 0) is 61.4 Å². The molecule has 3 heterocycles. The Labute approximate surface area is 239 Å². The van der Waals surface area contributed by atoms with Crippen LogP contribution in [0.25, 0.3) is 16.7 Å². The Morgan fingerprint density at radius 3 is 2.34 bits per heavy atom. The van der Waals surface area contributed by atoms with E-state index in [1.807, 2.05) is 0 Å². The van der Waals surface area contributed by atoms with Gasteiger partial charge in [-0.2, -0.15) is 0 Å². The van der Waals surface area contributed by atoms with Crippen molar-refractivity contribution in [2.24, 2.45) is 0 Å². The van der Waals surface area contributed by atoms with Crippen LogP contribution in [0.3, 0.4) is 0 Å². The number of carbonyl (C=O) groups excluding carboxylic acids is 1. The first kappa shape index (κ1) is 27.8. The number of benzene rings is 2. The minimum Gasteiger partial charge on any atom is -0.491 e. The molecule has 0 unspecified atom stereocenters. The molecule has 0 saturated heterocycles. The monoisotopic (exact) mass is 573 g/mol. The molecule has 0 atom stereocenters. The van der Waals surface area contributed by atoms with Gasteiger partial charge in [-0.1, -0.05) is 23.7 Å². The molecular formula is C31H25ClFN3O5. The molecule has 41 heavy (non-hydrogen) atoms. The summed E-state index contributed by atoms with van der Waals surface area (Å²) < 4.78 is 31.5. The summed E-state index contributed by atoms with van der Waals surface area (Å²) in [4.78, 5) is 35.7. The van der Waals surface area contributed by atoms with Gasteiger partial charge >= 0.3 is 0 Å². The number of nitrogens with zero attached hydrogens (tertiary/aromatic N) is 3. The molecule has 0 spiro atoms. The number of pyridine rings is 3. The first-order chi connectivity index (χ1) is 19.7. The van der Waals surface area contributed by atoms with Gasteiger partial charge in [0, 0.05) is 36.1 Å². The number of ketones is 1. The molecule has 0 aliphatic carbocycles. The number of rotatable bonds is 8. The lowest BCUT2D eigenvalue weighted by atomic mass is 9.99. The third-order valence-corrected chi connectivity index (χ3v) is 7.23. The second kappa shape index (κ2) is 11.4. The summed E-state index contributed by atoms with van der Waals surface area (Å²) in [6.45, 7) is 3.33. The van der Waals surface area contributed by atoms with Crippen LogP contribution in [0.1, 0.15) is 27.2 Å². The van der Waals surface area contributed by atoms with Crippen LogP contribution in [0, 0.1) is 19.7 Å². The quantitative estimate of drug-likeness (QED) is 0.198. The molecule has 5 aromatic rings. The van der Waals surface area contributed by atoms with Crippen LogP contribution in [0.5, 0.6) is 23.1 Å². The predicted molar refractivity (Wildman–Crippen MR) is 154 cm³/mol. The number of aromatic nitrogens is 3. The molecule has 208 valence electrons. The van der Waals surface area contributed by atoms with Crippen molar-refractivity contribution in [2.75, 3.05) is 14.2 Å². The van der Waals surface area contributed by atoms with Gasteiger partial charge < -0.3 is 14.2 Å². The van der Waals surface area contributed by atoms with E-state index in [1.54, 1.807) is 56.4 Å². The van der Waals surface area contributed by atoms with Crippen molar-refractivity contribution in [3.05, 3.63) is 110 Å². The van der Waals surface area contributed by atoms with Crippen molar-refractivity contribution in [1.82, 2.24) is 14.5 Å². The maximum atomic E-state index is 13.5. The van der Waals surface area contributed by atoms with Crippen molar-refractivity contribution >= 4 is 28.4 Å². The van der Waals surface area contributed by atoms with Crippen LogP contribution in [0.2, 0.25) is 5.02 Å². The maximum Gasteiger partial charge on any atom is 0.266 e. The topological polar surface area (TPSA) is 92.5 Å². The largest absolute Gasteiger partial charge is 0.491 e. The van der Waals surface area contributed by atoms with Crippen LogP contribution < -0.4 is 19.8 Å². The van der Waals surface area contributed by atoms with Crippen LogP contribution in [-0.2, 0) is 6.42 Å². The average molecular weight is 574 g/mol. The summed E-state index contributed by atoms with van der Waals surface area (Å²) in [5, 5.41) is 0.300. The number of ether oxygens (including phenoxy) is 3. The fourth-order valence-corrected chi connectivity index (χ4v) is 4.78. The van der Waals surface area contributed by atoms with Crippen molar-refractivity contribution in [3.63, 3.8) is 0 Å². The summed E-state index contributed by atoms with van der Waals surface area (Å²) in [7, 11) is 3.02. The molecular weight excluding hydrogens is 549 g/mol. The summed E-state index contributed by atoms with van der Waals surface area (Å²) in [6.07, 6.45) is 1.57. The second-order valence-corrected chi connectivity index (χ2v) is 9.62. The SMILES string of the molecule is COc1cc2nccc(Oc3ccc(CC(=O)c4c(C)c(Cl)c(C)n(-c5ccc(F)cc5)c4=O)cc3)c2nc1OC. The summed E-state index contributed by atoms with van der Waals surface area (Å²) in [5.74, 6) is 0.911. The van der Waals surface area contributed by atoms with Crippen molar-refractivity contribution < 1.29 is 23.4 Å². The van der Waals surface area contributed by atoms with Gasteiger partial charge in [-0.3, -0.25) is 19.1 Å². The van der Waals surface area contributed by atoms with Crippen LogP contribution in [0.15, 0.2) is 71.7 Å². The van der Waals surface area contributed by atoms with E-state index in [4.69, 9.17) is 25.8 Å². The molecule has 0 aliphatic rings. The normalized spacial score (nSPS) is 11.0. The number of hydrogen-bond acceptors (Lipinski definition) is 7. The second-order valence-electron chi connectivity index (χ2n) is 9.24. The van der Waals surface area contributed by atoms with Gasteiger partial charge in [0.2, 0.25) is 0 Å². The van der Waals surface area contributed by atoms with E-state index in [-0.39, 0.29) is 17.8 Å². The van der Waals surface area contributed by atoms with E-state index < -0.39 is 11.4 Å². The number of Topliss-reactive ketones (excluding diaryl/α,β-unsaturated/α-hetero) is 1. The highest BCUT2D eigenvalue weighted by atomic mass is 35.5. The Morgan fingerprint density at radius 1 is 0.976 bits per heavy atom. The van der Waals surface area contributed by atoms with E-state index in [9.17, 15) is 14.0 Å². The molecule has 3 aromatic heterocycles. The Bertz CT molecular complexity index is 1840. The predicted octanol–water partition coefficient (Wildman–Crippen LogP) is 6.42. The molecule has 0 amide bonds. The minimum atomic E-state index is -0.509. The third-order valence-electron chi connectivity index (χ3n) is 6.67. The minimum absolute atomic E-state index is 0.0102. The Hall–Kier alpha value is -4.76. The lowest BCUT2D eigenvalue weighted by molar-refractivity contribution is 0.0990. The highest BCUT2D eigenvalue weighted by Gasteiger charge is 2.22.